The van der Waals surface area contributed by atoms with E-state index in [1.165, 1.54) is 166 Å². The second-order valence-corrected chi connectivity index (χ2v) is 15.3. The average molecular weight is 570 g/mol. The minimum atomic E-state index is 0.967. The molecule has 1 saturated carbocycles. The van der Waals surface area contributed by atoms with Crippen molar-refractivity contribution in [3.63, 3.8) is 0 Å². The van der Waals surface area contributed by atoms with Gasteiger partial charge in [-0.05, 0) is 43.6 Å². The molecule has 1 aliphatic carbocycles. The van der Waals surface area contributed by atoms with Crippen molar-refractivity contribution in [2.45, 2.75) is 181 Å². The predicted octanol–water partition coefficient (Wildman–Crippen LogP) is 12.6. The molecule has 1 fully saturated rings. The third-order valence-corrected chi connectivity index (χ3v) is 11.5. The molecule has 3 unspecified atom stereocenters. The molecule has 0 bridgehead atoms. The van der Waals surface area contributed by atoms with Crippen molar-refractivity contribution >= 4 is 21.6 Å². The lowest BCUT2D eigenvalue weighted by Crippen LogP contribution is -2.20. The van der Waals surface area contributed by atoms with Gasteiger partial charge >= 0.3 is 0 Å². The average Bonchev–Trinajstić information content (AvgIpc) is 3.68. The van der Waals surface area contributed by atoms with Crippen molar-refractivity contribution in [2.75, 3.05) is 24.6 Å². The van der Waals surface area contributed by atoms with E-state index in [1.54, 1.807) is 19.3 Å². The van der Waals surface area contributed by atoms with Gasteiger partial charge in [0.15, 0.2) is 0 Å². The van der Waals surface area contributed by atoms with Crippen LogP contribution in [0.3, 0.4) is 0 Å². The normalized spacial score (nSPS) is 17.8. The molecule has 228 valence electrons. The lowest BCUT2D eigenvalue weighted by molar-refractivity contribution is 0.374. The van der Waals surface area contributed by atoms with Crippen molar-refractivity contribution in [3.05, 3.63) is 0 Å². The molecule has 0 heterocycles. The van der Waals surface area contributed by atoms with E-state index < -0.39 is 0 Å². The van der Waals surface area contributed by atoms with E-state index in [0.29, 0.717) is 0 Å². The molecule has 3 heteroatoms. The minimum absolute atomic E-state index is 0.967. The largest absolute Gasteiger partial charge is 0.316 e. The summed E-state index contributed by atoms with van der Waals surface area (Å²) in [6, 6.07) is 0. The Bertz CT molecular complexity index is 457. The second kappa shape index (κ2) is 29.2. The van der Waals surface area contributed by atoms with Crippen molar-refractivity contribution in [1.82, 2.24) is 5.32 Å². The Labute approximate surface area is 249 Å². The van der Waals surface area contributed by atoms with Gasteiger partial charge in [0.1, 0.15) is 0 Å². The number of unbranched alkanes of at least 4 members (excludes halogenated alkanes) is 15. The molecule has 0 aromatic rings. The number of hydrogen-bond acceptors (Lipinski definition) is 3. The summed E-state index contributed by atoms with van der Waals surface area (Å²) in [5, 5.41) is 3.75. The van der Waals surface area contributed by atoms with Gasteiger partial charge in [-0.1, -0.05) is 184 Å². The molecule has 1 N–H and O–H groups in total. The van der Waals surface area contributed by atoms with Crippen LogP contribution in [0.15, 0.2) is 0 Å². The lowest BCUT2D eigenvalue weighted by atomic mass is 9.91. The van der Waals surface area contributed by atoms with E-state index in [4.69, 9.17) is 0 Å². The molecule has 0 aromatic heterocycles. The second-order valence-electron chi connectivity index (χ2n) is 12.6. The Hall–Kier alpha value is 0.660. The van der Waals surface area contributed by atoms with Crippen molar-refractivity contribution in [2.24, 2.45) is 17.8 Å². The van der Waals surface area contributed by atoms with Gasteiger partial charge in [-0.3, -0.25) is 0 Å². The molecule has 1 nitrogen and oxygen atoms in total. The van der Waals surface area contributed by atoms with Gasteiger partial charge in [0, 0.05) is 18.1 Å². The maximum Gasteiger partial charge on any atom is 0.0162 e. The number of rotatable bonds is 32. The number of nitrogens with one attached hydrogen (secondary N) is 1. The summed E-state index contributed by atoms with van der Waals surface area (Å²) in [6.07, 6.45) is 36.7. The van der Waals surface area contributed by atoms with E-state index in [2.05, 4.69) is 36.9 Å². The van der Waals surface area contributed by atoms with E-state index in [1.807, 2.05) is 10.8 Å². The molecule has 1 aliphatic rings. The van der Waals surface area contributed by atoms with Crippen LogP contribution in [0.1, 0.15) is 181 Å². The van der Waals surface area contributed by atoms with Gasteiger partial charge < -0.3 is 5.32 Å². The Morgan fingerprint density at radius 1 is 0.500 bits per heavy atom. The van der Waals surface area contributed by atoms with Crippen LogP contribution in [0.4, 0.5) is 0 Å². The summed E-state index contributed by atoms with van der Waals surface area (Å²) in [7, 11) is 4.10. The third kappa shape index (κ3) is 24.5. The highest BCUT2D eigenvalue weighted by Gasteiger charge is 2.34. The zero-order chi connectivity index (χ0) is 27.4. The molecule has 1 rings (SSSR count). The predicted molar refractivity (Wildman–Crippen MR) is 181 cm³/mol. The van der Waals surface area contributed by atoms with Crippen LogP contribution in [-0.2, 0) is 0 Å². The molecule has 0 aromatic carbocycles. The van der Waals surface area contributed by atoms with Crippen molar-refractivity contribution < 1.29 is 0 Å². The van der Waals surface area contributed by atoms with Crippen LogP contribution in [0.5, 0.6) is 0 Å². The zero-order valence-corrected chi connectivity index (χ0v) is 28.2. The molecule has 0 saturated heterocycles. The Kier molecular flexibility index (Phi) is 28.2. The summed E-state index contributed by atoms with van der Waals surface area (Å²) < 4.78 is 0. The van der Waals surface area contributed by atoms with Crippen molar-refractivity contribution in [1.29, 1.82) is 0 Å². The van der Waals surface area contributed by atoms with E-state index in [9.17, 15) is 0 Å². The summed E-state index contributed by atoms with van der Waals surface area (Å²) in [5.74, 6) is 5.76. The van der Waals surface area contributed by atoms with Gasteiger partial charge in [-0.15, -0.1) is 0 Å². The Morgan fingerprint density at radius 3 is 1.50 bits per heavy atom. The van der Waals surface area contributed by atoms with Gasteiger partial charge in [-0.25, -0.2) is 0 Å². The molecule has 0 radical (unpaired) electrons. The molecule has 0 aliphatic heterocycles. The van der Waals surface area contributed by atoms with E-state index in [0.717, 1.165) is 17.8 Å². The summed E-state index contributed by atoms with van der Waals surface area (Å²) in [6.45, 7) is 9.34. The number of hydrogen-bond donors (Lipinski definition) is 1. The summed E-state index contributed by atoms with van der Waals surface area (Å²) in [4.78, 5) is 0. The highest BCUT2D eigenvalue weighted by Crippen LogP contribution is 2.45. The fourth-order valence-corrected chi connectivity index (χ4v) is 8.23. The van der Waals surface area contributed by atoms with E-state index >= 15 is 0 Å². The van der Waals surface area contributed by atoms with Gasteiger partial charge in [0.2, 0.25) is 0 Å². The fourth-order valence-electron chi connectivity index (χ4n) is 6.14. The molecule has 0 amide bonds. The van der Waals surface area contributed by atoms with Crippen LogP contribution >= 0.6 is 21.6 Å². The van der Waals surface area contributed by atoms with Crippen LogP contribution in [-0.4, -0.2) is 24.6 Å². The minimum Gasteiger partial charge on any atom is -0.316 e. The maximum atomic E-state index is 3.75. The Balaban J connectivity index is 2.03. The molecular weight excluding hydrogens is 499 g/mol. The topological polar surface area (TPSA) is 12.0 Å². The highest BCUT2D eigenvalue weighted by atomic mass is 33.1. The van der Waals surface area contributed by atoms with E-state index in [-0.39, 0.29) is 0 Å². The monoisotopic (exact) mass is 570 g/mol. The quantitative estimate of drug-likeness (QED) is 0.0639. The first-order chi connectivity index (χ1) is 18.8. The summed E-state index contributed by atoms with van der Waals surface area (Å²) in [5.41, 5.74) is 0. The van der Waals surface area contributed by atoms with Crippen LogP contribution in [0.25, 0.3) is 0 Å². The fraction of sp³-hybridized carbons (Fsp3) is 1.00. The third-order valence-electron chi connectivity index (χ3n) is 8.86. The van der Waals surface area contributed by atoms with Gasteiger partial charge in [0.25, 0.3) is 0 Å². The van der Waals surface area contributed by atoms with Gasteiger partial charge in [0.05, 0.1) is 0 Å². The first kappa shape index (κ1) is 36.7. The summed E-state index contributed by atoms with van der Waals surface area (Å²) >= 11 is 0. The molecule has 3 atom stereocenters. The van der Waals surface area contributed by atoms with Crippen molar-refractivity contribution in [3.8, 4) is 0 Å². The first-order valence-electron chi connectivity index (χ1n) is 17.8. The Morgan fingerprint density at radius 2 is 0.974 bits per heavy atom. The maximum absolute atomic E-state index is 3.75. The smallest absolute Gasteiger partial charge is 0.0162 e. The van der Waals surface area contributed by atoms with Gasteiger partial charge in [-0.2, -0.15) is 0 Å². The molecule has 0 spiro atoms. The SMILES string of the molecule is CCCCCCCCCC(CCCCCCCC1CC1CCCCCCCC)CCNCCSSCCC. The zero-order valence-electron chi connectivity index (χ0n) is 26.6. The van der Waals surface area contributed by atoms with Crippen LogP contribution < -0.4 is 5.32 Å². The lowest BCUT2D eigenvalue weighted by Gasteiger charge is -2.17. The molecule has 38 heavy (non-hydrogen) atoms. The molecular formula is C35H71NS2. The first-order valence-corrected chi connectivity index (χ1v) is 20.3. The van der Waals surface area contributed by atoms with Crippen LogP contribution in [0, 0.1) is 17.8 Å². The van der Waals surface area contributed by atoms with Crippen LogP contribution in [0.2, 0.25) is 0 Å². The highest BCUT2D eigenvalue weighted by molar-refractivity contribution is 8.76. The standard InChI is InChI=1S/C35H71NS2/c1-4-7-9-11-13-15-19-23-33(27-28-36-29-31-38-37-30-6-3)24-20-16-14-18-22-26-35-32-34(35)25-21-17-12-10-8-5-2/h33-36H,4-32H2,1-3H3.